The van der Waals surface area contributed by atoms with Gasteiger partial charge in [-0.3, -0.25) is 9.78 Å². The molecule has 23 heavy (non-hydrogen) atoms. The number of amides is 1. The van der Waals surface area contributed by atoms with E-state index in [1.807, 2.05) is 0 Å². The Labute approximate surface area is 141 Å². The van der Waals surface area contributed by atoms with Crippen LogP contribution in [0.4, 0.5) is 0 Å². The van der Waals surface area contributed by atoms with Gasteiger partial charge in [0.15, 0.2) is 0 Å². The van der Waals surface area contributed by atoms with Crippen molar-refractivity contribution in [3.05, 3.63) is 47.8 Å². The molecule has 0 aliphatic heterocycles. The number of carbonyl (C=O) groups excluding carboxylic acids is 1. The Kier molecular flexibility index (Phi) is 7.15. The second kappa shape index (κ2) is 8.85. The number of pyridine rings is 1. The minimum absolute atomic E-state index is 0. The Morgan fingerprint density at radius 1 is 1.13 bits per heavy atom. The van der Waals surface area contributed by atoms with Gasteiger partial charge >= 0.3 is 0 Å². The van der Waals surface area contributed by atoms with Gasteiger partial charge in [-0.2, -0.15) is 0 Å². The van der Waals surface area contributed by atoms with E-state index in [9.17, 15) is 4.79 Å². The van der Waals surface area contributed by atoms with Gasteiger partial charge in [0, 0.05) is 24.5 Å². The Balaban J connectivity index is 0.00000264. The molecule has 0 spiro atoms. The number of aromatic nitrogens is 1. The molecule has 0 fully saturated rings. The first-order valence-corrected chi connectivity index (χ1v) is 6.66. The molecule has 0 unspecified atom stereocenters. The minimum Gasteiger partial charge on any atom is -0.496 e. The van der Waals surface area contributed by atoms with Crippen molar-refractivity contribution in [3.63, 3.8) is 0 Å². The third-order valence-corrected chi connectivity index (χ3v) is 3.17. The zero-order chi connectivity index (χ0) is 15.9. The Morgan fingerprint density at radius 2 is 1.78 bits per heavy atom. The zero-order valence-corrected chi connectivity index (χ0v) is 14.0. The van der Waals surface area contributed by atoms with Gasteiger partial charge in [0.1, 0.15) is 17.2 Å². The fourth-order valence-electron chi connectivity index (χ4n) is 2.02. The van der Waals surface area contributed by atoms with E-state index in [2.05, 4.69) is 10.3 Å². The molecule has 7 heteroatoms. The number of nitrogens with zero attached hydrogens (tertiary/aromatic N) is 1. The fraction of sp³-hybridized carbons (Fsp3) is 0.250. The largest absolute Gasteiger partial charge is 0.496 e. The molecule has 0 saturated carbocycles. The van der Waals surface area contributed by atoms with Crippen molar-refractivity contribution < 1.29 is 19.0 Å². The van der Waals surface area contributed by atoms with Gasteiger partial charge in [-0.05, 0) is 12.1 Å². The average Bonchev–Trinajstić information content (AvgIpc) is 2.59. The van der Waals surface area contributed by atoms with Crippen molar-refractivity contribution in [2.75, 3.05) is 21.3 Å². The second-order valence-corrected chi connectivity index (χ2v) is 4.43. The van der Waals surface area contributed by atoms with Crippen LogP contribution in [0, 0.1) is 0 Å². The van der Waals surface area contributed by atoms with Crippen molar-refractivity contribution in [2.45, 2.75) is 6.54 Å². The molecule has 2 rings (SSSR count). The summed E-state index contributed by atoms with van der Waals surface area (Å²) in [6, 6.07) is 6.90. The number of hydrogen-bond donors (Lipinski definition) is 1. The molecule has 1 heterocycles. The third kappa shape index (κ3) is 4.50. The number of benzene rings is 1. The normalized spacial score (nSPS) is 9.52. The number of nitrogens with one attached hydrogen (secondary N) is 1. The first-order valence-electron chi connectivity index (χ1n) is 6.66. The summed E-state index contributed by atoms with van der Waals surface area (Å²) in [4.78, 5) is 16.0. The Morgan fingerprint density at radius 3 is 2.26 bits per heavy atom. The number of methoxy groups -OCH3 is 3. The van der Waals surface area contributed by atoms with Gasteiger partial charge in [-0.25, -0.2) is 0 Å². The van der Waals surface area contributed by atoms with Crippen molar-refractivity contribution in [2.24, 2.45) is 0 Å². The third-order valence-electron chi connectivity index (χ3n) is 3.17. The molecule has 0 saturated heterocycles. The van der Waals surface area contributed by atoms with Crippen LogP contribution in [0.3, 0.4) is 0 Å². The quantitative estimate of drug-likeness (QED) is 0.876. The van der Waals surface area contributed by atoms with Gasteiger partial charge in [0.25, 0.3) is 5.91 Å². The van der Waals surface area contributed by atoms with Crippen LogP contribution in [0.2, 0.25) is 0 Å². The van der Waals surface area contributed by atoms with E-state index in [1.54, 1.807) is 51.8 Å². The van der Waals surface area contributed by atoms with E-state index >= 15 is 0 Å². The van der Waals surface area contributed by atoms with E-state index in [0.717, 1.165) is 5.56 Å². The number of halogens is 1. The van der Waals surface area contributed by atoms with Crippen LogP contribution in [0.5, 0.6) is 17.2 Å². The predicted octanol–water partition coefficient (Wildman–Crippen LogP) is 2.46. The Hall–Kier alpha value is -2.47. The molecule has 124 valence electrons. The molecule has 2 aromatic rings. The SMILES string of the molecule is COc1cc(OC)c(CNC(=O)c2cccnc2)c(OC)c1.Cl. The van der Waals surface area contributed by atoms with Gasteiger partial charge in [0.2, 0.25) is 0 Å². The number of ether oxygens (including phenoxy) is 3. The highest BCUT2D eigenvalue weighted by Crippen LogP contribution is 2.33. The summed E-state index contributed by atoms with van der Waals surface area (Å²) in [6.07, 6.45) is 3.13. The molecule has 1 N–H and O–H groups in total. The highest BCUT2D eigenvalue weighted by molar-refractivity contribution is 5.93. The minimum atomic E-state index is -0.215. The van der Waals surface area contributed by atoms with Crippen LogP contribution in [-0.4, -0.2) is 32.2 Å². The summed E-state index contributed by atoms with van der Waals surface area (Å²) in [5.41, 5.74) is 1.23. The molecule has 0 bridgehead atoms. The van der Waals surface area contributed by atoms with Crippen LogP contribution in [0.25, 0.3) is 0 Å². The molecule has 1 amide bonds. The summed E-state index contributed by atoms with van der Waals surface area (Å²) in [5.74, 6) is 1.58. The highest BCUT2D eigenvalue weighted by Gasteiger charge is 2.14. The molecule has 0 radical (unpaired) electrons. The van der Waals surface area contributed by atoms with Crippen molar-refractivity contribution in [1.82, 2.24) is 10.3 Å². The number of carbonyl (C=O) groups is 1. The maximum absolute atomic E-state index is 12.1. The van der Waals surface area contributed by atoms with E-state index in [1.165, 1.54) is 6.20 Å². The lowest BCUT2D eigenvalue weighted by molar-refractivity contribution is 0.0950. The topological polar surface area (TPSA) is 69.7 Å². The summed E-state index contributed by atoms with van der Waals surface area (Å²) in [6.45, 7) is 0.268. The number of rotatable bonds is 6. The first-order chi connectivity index (χ1) is 10.7. The molecular formula is C16H19ClN2O4. The molecule has 6 nitrogen and oxygen atoms in total. The van der Waals surface area contributed by atoms with Crippen molar-refractivity contribution >= 4 is 18.3 Å². The van der Waals surface area contributed by atoms with Gasteiger partial charge in [-0.1, -0.05) is 0 Å². The maximum Gasteiger partial charge on any atom is 0.253 e. The molecule has 1 aromatic carbocycles. The second-order valence-electron chi connectivity index (χ2n) is 4.43. The average molecular weight is 339 g/mol. The first kappa shape index (κ1) is 18.6. The zero-order valence-electron chi connectivity index (χ0n) is 13.2. The van der Waals surface area contributed by atoms with E-state index in [0.29, 0.717) is 22.8 Å². The van der Waals surface area contributed by atoms with Crippen LogP contribution in [-0.2, 0) is 6.54 Å². The monoisotopic (exact) mass is 338 g/mol. The number of hydrogen-bond acceptors (Lipinski definition) is 5. The van der Waals surface area contributed by atoms with Gasteiger partial charge in [0.05, 0.1) is 39.0 Å². The lowest BCUT2D eigenvalue weighted by Gasteiger charge is -2.15. The van der Waals surface area contributed by atoms with E-state index in [4.69, 9.17) is 14.2 Å². The summed E-state index contributed by atoms with van der Waals surface area (Å²) in [5, 5.41) is 2.82. The smallest absolute Gasteiger partial charge is 0.253 e. The van der Waals surface area contributed by atoms with E-state index < -0.39 is 0 Å². The van der Waals surface area contributed by atoms with Crippen LogP contribution < -0.4 is 19.5 Å². The lowest BCUT2D eigenvalue weighted by Crippen LogP contribution is -2.23. The van der Waals surface area contributed by atoms with Crippen molar-refractivity contribution in [3.8, 4) is 17.2 Å². The predicted molar refractivity (Wildman–Crippen MR) is 88.8 cm³/mol. The molecule has 0 atom stereocenters. The molecular weight excluding hydrogens is 320 g/mol. The fourth-order valence-corrected chi connectivity index (χ4v) is 2.02. The van der Waals surface area contributed by atoms with Gasteiger partial charge < -0.3 is 19.5 Å². The summed E-state index contributed by atoms with van der Waals surface area (Å²) in [7, 11) is 4.68. The molecule has 0 aliphatic rings. The highest BCUT2D eigenvalue weighted by atomic mass is 35.5. The molecule has 0 aliphatic carbocycles. The standard InChI is InChI=1S/C16H18N2O4.ClH/c1-20-12-7-14(21-2)13(15(8-12)22-3)10-18-16(19)11-5-4-6-17-9-11;/h4-9H,10H2,1-3H3,(H,18,19);1H. The molecule has 1 aromatic heterocycles. The Bertz CT molecular complexity index is 625. The van der Waals surface area contributed by atoms with Crippen LogP contribution in [0.1, 0.15) is 15.9 Å². The van der Waals surface area contributed by atoms with Crippen LogP contribution >= 0.6 is 12.4 Å². The van der Waals surface area contributed by atoms with E-state index in [-0.39, 0.29) is 24.9 Å². The summed E-state index contributed by atoms with van der Waals surface area (Å²) < 4.78 is 15.9. The maximum atomic E-state index is 12.1. The van der Waals surface area contributed by atoms with Crippen molar-refractivity contribution in [1.29, 1.82) is 0 Å². The summed E-state index contributed by atoms with van der Waals surface area (Å²) >= 11 is 0. The van der Waals surface area contributed by atoms with Gasteiger partial charge in [-0.15, -0.1) is 12.4 Å². The van der Waals surface area contributed by atoms with Crippen LogP contribution in [0.15, 0.2) is 36.7 Å². The lowest BCUT2D eigenvalue weighted by atomic mass is 10.1.